The second kappa shape index (κ2) is 4.73. The molecule has 2 heterocycles. The van der Waals surface area contributed by atoms with Crippen molar-refractivity contribution in [2.24, 2.45) is 0 Å². The lowest BCUT2D eigenvalue weighted by Gasteiger charge is -2.30. The van der Waals surface area contributed by atoms with Crippen molar-refractivity contribution in [1.82, 2.24) is 9.55 Å². The van der Waals surface area contributed by atoms with Crippen LogP contribution in [0.3, 0.4) is 0 Å². The van der Waals surface area contributed by atoms with Crippen molar-refractivity contribution in [3.8, 4) is 0 Å². The molecule has 0 saturated carbocycles. The number of benzene rings is 1. The largest absolute Gasteiger partial charge is 0.386 e. The summed E-state index contributed by atoms with van der Waals surface area (Å²) < 4.78 is 6.90. The third kappa shape index (κ3) is 1.99. The fourth-order valence-electron chi connectivity index (χ4n) is 2.39. The van der Waals surface area contributed by atoms with Crippen LogP contribution in [0.5, 0.6) is 0 Å². The fourth-order valence-corrected chi connectivity index (χ4v) is 2.39. The van der Waals surface area contributed by atoms with E-state index in [9.17, 15) is 14.7 Å². The third-order valence-corrected chi connectivity index (χ3v) is 3.43. The van der Waals surface area contributed by atoms with E-state index in [0.717, 1.165) is 11.1 Å². The molecule has 2 atom stereocenters. The molecule has 1 aliphatic heterocycles. The van der Waals surface area contributed by atoms with Crippen LogP contribution in [0.15, 0.2) is 40.1 Å². The highest BCUT2D eigenvalue weighted by Crippen LogP contribution is 2.32. The van der Waals surface area contributed by atoms with Gasteiger partial charge in [0.05, 0.1) is 6.61 Å². The van der Waals surface area contributed by atoms with E-state index in [-0.39, 0.29) is 6.61 Å². The first-order valence-electron chi connectivity index (χ1n) is 6.28. The van der Waals surface area contributed by atoms with E-state index in [0.29, 0.717) is 5.56 Å². The summed E-state index contributed by atoms with van der Waals surface area (Å²) in [6.45, 7) is 1.73. The highest BCUT2D eigenvalue weighted by Gasteiger charge is 2.28. The molecule has 20 heavy (non-hydrogen) atoms. The van der Waals surface area contributed by atoms with E-state index in [4.69, 9.17) is 4.74 Å². The molecule has 0 spiro atoms. The number of aliphatic hydroxyl groups excluding tert-OH is 1. The van der Waals surface area contributed by atoms with E-state index in [2.05, 4.69) is 4.98 Å². The Morgan fingerprint density at radius 2 is 2.00 bits per heavy atom. The number of hydrogen-bond donors (Lipinski definition) is 2. The molecule has 104 valence electrons. The lowest BCUT2D eigenvalue weighted by molar-refractivity contribution is -0.0450. The maximum atomic E-state index is 11.9. The van der Waals surface area contributed by atoms with Crippen LogP contribution in [0.1, 0.15) is 29.0 Å². The van der Waals surface area contributed by atoms with Crippen molar-refractivity contribution in [2.45, 2.75) is 19.3 Å². The van der Waals surface area contributed by atoms with Crippen LogP contribution >= 0.6 is 0 Å². The Labute approximate surface area is 114 Å². The maximum absolute atomic E-state index is 11.9. The summed E-state index contributed by atoms with van der Waals surface area (Å²) in [4.78, 5) is 25.6. The van der Waals surface area contributed by atoms with Crippen LogP contribution in [0.4, 0.5) is 0 Å². The summed E-state index contributed by atoms with van der Waals surface area (Å²) in [5.74, 6) is 0. The number of nitrogens with one attached hydrogen (secondary N) is 1. The predicted octanol–water partition coefficient (Wildman–Crippen LogP) is 0.456. The Bertz CT molecular complexity index is 762. The van der Waals surface area contributed by atoms with Crippen LogP contribution in [0.25, 0.3) is 0 Å². The van der Waals surface area contributed by atoms with E-state index >= 15 is 0 Å². The van der Waals surface area contributed by atoms with Crippen molar-refractivity contribution in [3.63, 3.8) is 0 Å². The number of nitrogens with zero attached hydrogens (tertiary/aromatic N) is 1. The van der Waals surface area contributed by atoms with Crippen LogP contribution in [-0.2, 0) is 4.74 Å². The van der Waals surface area contributed by atoms with Crippen LogP contribution < -0.4 is 11.2 Å². The summed E-state index contributed by atoms with van der Waals surface area (Å²) in [5, 5.41) is 9.92. The second-order valence-corrected chi connectivity index (χ2v) is 4.81. The van der Waals surface area contributed by atoms with Crippen molar-refractivity contribution < 1.29 is 9.84 Å². The van der Waals surface area contributed by atoms with Crippen LogP contribution in [0, 0.1) is 6.92 Å². The van der Waals surface area contributed by atoms with Gasteiger partial charge in [0.25, 0.3) is 5.56 Å². The number of aromatic amines is 1. The minimum absolute atomic E-state index is 0.103. The van der Waals surface area contributed by atoms with Gasteiger partial charge in [0.2, 0.25) is 0 Å². The smallest absolute Gasteiger partial charge is 0.330 e. The van der Waals surface area contributed by atoms with Gasteiger partial charge in [-0.3, -0.25) is 14.3 Å². The first-order chi connectivity index (χ1) is 9.58. The zero-order chi connectivity index (χ0) is 14.3. The zero-order valence-corrected chi connectivity index (χ0v) is 10.9. The Morgan fingerprint density at radius 1 is 1.30 bits per heavy atom. The van der Waals surface area contributed by atoms with Gasteiger partial charge in [0.15, 0.2) is 6.23 Å². The Kier molecular flexibility index (Phi) is 3.04. The second-order valence-electron chi connectivity index (χ2n) is 4.81. The van der Waals surface area contributed by atoms with Gasteiger partial charge in [-0.15, -0.1) is 0 Å². The standard InChI is InChI=1S/C14H14N2O4/c1-8-6-16(14(19)15-12(8)18)13-10-5-3-2-4-9(10)11(17)7-20-13/h2-6,11,13,17H,7H2,1H3,(H,15,18,19)/t11-,13-/m1/s1. The lowest BCUT2D eigenvalue weighted by atomic mass is 9.99. The summed E-state index contributed by atoms with van der Waals surface area (Å²) in [5.41, 5.74) is 0.947. The van der Waals surface area contributed by atoms with Gasteiger partial charge < -0.3 is 9.84 Å². The highest BCUT2D eigenvalue weighted by atomic mass is 16.5. The van der Waals surface area contributed by atoms with E-state index in [1.54, 1.807) is 19.1 Å². The molecule has 1 aromatic heterocycles. The third-order valence-electron chi connectivity index (χ3n) is 3.43. The van der Waals surface area contributed by atoms with E-state index in [1.807, 2.05) is 12.1 Å². The molecule has 0 bridgehead atoms. The van der Waals surface area contributed by atoms with Gasteiger partial charge in [-0.2, -0.15) is 0 Å². The molecule has 1 aromatic carbocycles. The number of aromatic nitrogens is 2. The predicted molar refractivity (Wildman–Crippen MR) is 71.6 cm³/mol. The molecule has 0 amide bonds. The van der Waals surface area contributed by atoms with E-state index < -0.39 is 23.6 Å². The van der Waals surface area contributed by atoms with Crippen LogP contribution in [0.2, 0.25) is 0 Å². The number of rotatable bonds is 1. The SMILES string of the molecule is Cc1cn([C@@H]2OC[C@@H](O)c3ccccc32)c(=O)[nH]c1=O. The number of aryl methyl sites for hydroxylation is 1. The molecule has 3 rings (SSSR count). The number of H-pyrrole nitrogens is 1. The molecule has 1 aliphatic rings. The van der Waals surface area contributed by atoms with Gasteiger partial charge in [-0.25, -0.2) is 4.79 Å². The Balaban J connectivity index is 2.17. The molecule has 2 aromatic rings. The quantitative estimate of drug-likeness (QED) is 0.791. The van der Waals surface area contributed by atoms with Crippen molar-refractivity contribution in [1.29, 1.82) is 0 Å². The molecule has 6 nitrogen and oxygen atoms in total. The minimum atomic E-state index is -0.706. The molecule has 2 N–H and O–H groups in total. The Morgan fingerprint density at radius 3 is 2.75 bits per heavy atom. The topological polar surface area (TPSA) is 84.3 Å². The molecular weight excluding hydrogens is 260 g/mol. The molecular formula is C14H14N2O4. The normalized spacial score (nSPS) is 21.5. The van der Waals surface area contributed by atoms with Crippen molar-refractivity contribution >= 4 is 0 Å². The summed E-state index contributed by atoms with van der Waals surface area (Å²) in [6.07, 6.45) is 0.125. The van der Waals surface area contributed by atoms with Gasteiger partial charge in [-0.05, 0) is 12.5 Å². The number of hydrogen-bond acceptors (Lipinski definition) is 4. The van der Waals surface area contributed by atoms with Gasteiger partial charge in [-0.1, -0.05) is 24.3 Å². The summed E-state index contributed by atoms with van der Waals surface area (Å²) >= 11 is 0. The van der Waals surface area contributed by atoms with E-state index in [1.165, 1.54) is 10.8 Å². The monoisotopic (exact) mass is 274 g/mol. The first-order valence-corrected chi connectivity index (χ1v) is 6.28. The van der Waals surface area contributed by atoms with Gasteiger partial charge in [0, 0.05) is 17.3 Å². The highest BCUT2D eigenvalue weighted by molar-refractivity contribution is 5.33. The summed E-state index contributed by atoms with van der Waals surface area (Å²) in [7, 11) is 0. The molecule has 0 saturated heterocycles. The van der Waals surface area contributed by atoms with Crippen molar-refractivity contribution in [3.05, 3.63) is 68.0 Å². The van der Waals surface area contributed by atoms with Gasteiger partial charge >= 0.3 is 5.69 Å². The summed E-state index contributed by atoms with van der Waals surface area (Å²) in [6, 6.07) is 7.25. The number of aliphatic hydroxyl groups is 1. The number of ether oxygens (including phenoxy) is 1. The molecule has 0 aliphatic carbocycles. The van der Waals surface area contributed by atoms with Crippen LogP contribution in [-0.4, -0.2) is 21.3 Å². The minimum Gasteiger partial charge on any atom is -0.386 e. The van der Waals surface area contributed by atoms with Gasteiger partial charge in [0.1, 0.15) is 6.10 Å². The average Bonchev–Trinajstić information content (AvgIpc) is 2.44. The molecule has 0 unspecified atom stereocenters. The lowest BCUT2D eigenvalue weighted by Crippen LogP contribution is -2.37. The maximum Gasteiger partial charge on any atom is 0.330 e. The van der Waals surface area contributed by atoms with Crippen molar-refractivity contribution in [2.75, 3.05) is 6.61 Å². The first kappa shape index (κ1) is 12.8. The molecule has 0 fully saturated rings. The molecule has 0 radical (unpaired) electrons. The fraction of sp³-hybridized carbons (Fsp3) is 0.286. The zero-order valence-electron chi connectivity index (χ0n) is 10.9. The molecule has 6 heteroatoms. The average molecular weight is 274 g/mol. The Hall–Kier alpha value is -2.18. The number of fused-ring (bicyclic) bond motifs is 1.